The van der Waals surface area contributed by atoms with Gasteiger partial charge in [0.05, 0.1) is 12.7 Å². The first-order valence-corrected chi connectivity index (χ1v) is 6.75. The molecule has 0 aliphatic carbocycles. The largest absolute Gasteiger partial charge is 0.497 e. The van der Waals surface area contributed by atoms with Crippen molar-refractivity contribution >= 4 is 5.91 Å². The number of rotatable bonds is 5. The van der Waals surface area contributed by atoms with Crippen molar-refractivity contribution < 1.29 is 9.53 Å². The summed E-state index contributed by atoms with van der Waals surface area (Å²) in [6.45, 7) is 2.56. The predicted octanol–water partition coefficient (Wildman–Crippen LogP) is 2.50. The maximum absolute atomic E-state index is 12.3. The van der Waals surface area contributed by atoms with Crippen LogP contribution >= 0.6 is 0 Å². The lowest BCUT2D eigenvalue weighted by Crippen LogP contribution is -2.27. The summed E-state index contributed by atoms with van der Waals surface area (Å²) in [5.41, 5.74) is 1.48. The van der Waals surface area contributed by atoms with Crippen LogP contribution in [0.5, 0.6) is 5.75 Å². The number of hydrogen-bond acceptors (Lipinski definition) is 3. The third-order valence-corrected chi connectivity index (χ3v) is 3.09. The summed E-state index contributed by atoms with van der Waals surface area (Å²) in [5.74, 6) is 0.445. The molecule has 1 aromatic heterocycles. The number of nitrogens with one attached hydrogen (secondary N) is 1. The first kappa shape index (κ1) is 14.7. The van der Waals surface area contributed by atoms with Gasteiger partial charge in [0.25, 0.3) is 5.91 Å². The van der Waals surface area contributed by atoms with Gasteiger partial charge in [-0.05, 0) is 24.6 Å². The molecule has 1 amide bonds. The molecule has 1 aromatic carbocycles. The molecule has 0 spiro atoms. The number of nitriles is 1. The highest BCUT2D eigenvalue weighted by Crippen LogP contribution is 2.21. The van der Waals surface area contributed by atoms with Crippen LogP contribution in [0.4, 0.5) is 0 Å². The van der Waals surface area contributed by atoms with Crippen LogP contribution in [0.25, 0.3) is 5.69 Å². The highest BCUT2D eigenvalue weighted by Gasteiger charge is 2.17. The molecule has 2 rings (SSSR count). The van der Waals surface area contributed by atoms with E-state index in [2.05, 4.69) is 11.4 Å². The van der Waals surface area contributed by atoms with Crippen molar-refractivity contribution in [2.24, 2.45) is 0 Å². The Hall–Kier alpha value is -2.74. The number of carbonyl (C=O) groups excluding carboxylic acids is 1. The van der Waals surface area contributed by atoms with E-state index < -0.39 is 0 Å². The van der Waals surface area contributed by atoms with E-state index in [9.17, 15) is 10.1 Å². The smallest absolute Gasteiger partial charge is 0.269 e. The van der Waals surface area contributed by atoms with Crippen LogP contribution in [0.3, 0.4) is 0 Å². The number of amides is 1. The number of carbonyl (C=O) groups is 1. The molecule has 0 aliphatic rings. The van der Waals surface area contributed by atoms with Gasteiger partial charge in [0.15, 0.2) is 0 Å². The fourth-order valence-electron chi connectivity index (χ4n) is 2.05. The number of hydrogen-bond donors (Lipinski definition) is 1. The predicted molar refractivity (Wildman–Crippen MR) is 79.7 cm³/mol. The Morgan fingerprint density at radius 3 is 2.90 bits per heavy atom. The van der Waals surface area contributed by atoms with E-state index in [1.165, 1.54) is 0 Å². The van der Waals surface area contributed by atoms with Crippen molar-refractivity contribution in [2.75, 3.05) is 13.7 Å². The summed E-state index contributed by atoms with van der Waals surface area (Å²) in [4.78, 5) is 12.3. The Bertz CT molecular complexity index is 683. The van der Waals surface area contributed by atoms with E-state index in [0.717, 1.165) is 12.1 Å². The van der Waals surface area contributed by atoms with Crippen molar-refractivity contribution in [3.63, 3.8) is 0 Å². The van der Waals surface area contributed by atoms with Gasteiger partial charge in [0.2, 0.25) is 0 Å². The van der Waals surface area contributed by atoms with E-state index in [1.54, 1.807) is 23.9 Å². The second-order valence-electron chi connectivity index (χ2n) is 4.52. The Morgan fingerprint density at radius 2 is 2.24 bits per heavy atom. The van der Waals surface area contributed by atoms with Gasteiger partial charge in [-0.25, -0.2) is 0 Å². The Morgan fingerprint density at radius 1 is 1.43 bits per heavy atom. The van der Waals surface area contributed by atoms with Crippen LogP contribution in [-0.4, -0.2) is 24.1 Å². The summed E-state index contributed by atoms with van der Waals surface area (Å²) in [6.07, 6.45) is 2.56. The van der Waals surface area contributed by atoms with Gasteiger partial charge in [-0.15, -0.1) is 0 Å². The first-order valence-electron chi connectivity index (χ1n) is 6.75. The maximum Gasteiger partial charge on any atom is 0.269 e. The molecule has 0 aliphatic heterocycles. The van der Waals surface area contributed by atoms with Gasteiger partial charge in [0, 0.05) is 24.5 Å². The lowest BCUT2D eigenvalue weighted by Gasteiger charge is -2.11. The average Bonchev–Trinajstić information content (AvgIpc) is 2.96. The van der Waals surface area contributed by atoms with Crippen molar-refractivity contribution in [3.8, 4) is 17.5 Å². The van der Waals surface area contributed by atoms with Crippen LogP contribution in [0.2, 0.25) is 0 Å². The highest BCUT2D eigenvalue weighted by molar-refractivity contribution is 5.95. The summed E-state index contributed by atoms with van der Waals surface area (Å²) in [6, 6.07) is 11.0. The van der Waals surface area contributed by atoms with Crippen LogP contribution in [0, 0.1) is 11.3 Å². The molecule has 5 nitrogen and oxygen atoms in total. The molecule has 2 aromatic rings. The van der Waals surface area contributed by atoms with Crippen molar-refractivity contribution in [2.45, 2.75) is 13.3 Å². The molecule has 0 atom stereocenters. The zero-order valence-electron chi connectivity index (χ0n) is 12.1. The molecule has 1 heterocycles. The number of nitrogens with zero attached hydrogens (tertiary/aromatic N) is 2. The maximum atomic E-state index is 12.3. The number of aromatic nitrogens is 1. The fraction of sp³-hybridized carbons (Fsp3) is 0.250. The van der Waals surface area contributed by atoms with Crippen LogP contribution in [0.15, 0.2) is 36.5 Å². The van der Waals surface area contributed by atoms with E-state index >= 15 is 0 Å². The second-order valence-corrected chi connectivity index (χ2v) is 4.52. The number of methoxy groups -OCH3 is 1. The zero-order chi connectivity index (χ0) is 15.2. The summed E-state index contributed by atoms with van der Waals surface area (Å²) < 4.78 is 6.90. The van der Waals surface area contributed by atoms with Crippen LogP contribution in [0.1, 0.15) is 29.4 Å². The number of benzene rings is 1. The Balaban J connectivity index is 2.46. The molecule has 5 heteroatoms. The van der Waals surface area contributed by atoms with E-state index in [-0.39, 0.29) is 5.91 Å². The van der Waals surface area contributed by atoms with Gasteiger partial charge in [-0.1, -0.05) is 13.0 Å². The van der Waals surface area contributed by atoms with Crippen LogP contribution in [-0.2, 0) is 0 Å². The van der Waals surface area contributed by atoms with Gasteiger partial charge in [-0.3, -0.25) is 4.79 Å². The SMILES string of the molecule is CCCNC(=O)c1c(C#N)ccn1-c1cccc(OC)c1. The molecule has 0 bridgehead atoms. The minimum Gasteiger partial charge on any atom is -0.497 e. The molecule has 108 valence electrons. The molecule has 0 saturated carbocycles. The lowest BCUT2D eigenvalue weighted by molar-refractivity contribution is 0.0946. The molecular formula is C16H17N3O2. The normalized spacial score (nSPS) is 9.95. The number of ether oxygens (including phenoxy) is 1. The molecule has 0 saturated heterocycles. The third-order valence-electron chi connectivity index (χ3n) is 3.09. The van der Waals surface area contributed by atoms with E-state index in [0.29, 0.717) is 23.6 Å². The second kappa shape index (κ2) is 6.62. The van der Waals surface area contributed by atoms with Gasteiger partial charge < -0.3 is 14.6 Å². The molecule has 0 radical (unpaired) electrons. The minimum absolute atomic E-state index is 0.249. The summed E-state index contributed by atoms with van der Waals surface area (Å²) in [7, 11) is 1.59. The lowest BCUT2D eigenvalue weighted by atomic mass is 10.2. The summed E-state index contributed by atoms with van der Waals surface area (Å²) >= 11 is 0. The Kier molecular flexibility index (Phi) is 4.62. The first-order chi connectivity index (χ1) is 10.2. The standard InChI is InChI=1S/C16H17N3O2/c1-3-8-18-16(20)15-12(11-17)7-9-19(15)13-5-4-6-14(10-13)21-2/h4-7,9-10H,3,8H2,1-2H3,(H,18,20). The van der Waals surface area contributed by atoms with Gasteiger partial charge >= 0.3 is 0 Å². The van der Waals surface area contributed by atoms with Crippen molar-refractivity contribution in [3.05, 3.63) is 47.8 Å². The fourth-order valence-corrected chi connectivity index (χ4v) is 2.05. The highest BCUT2D eigenvalue weighted by atomic mass is 16.5. The van der Waals surface area contributed by atoms with Gasteiger partial charge in [-0.2, -0.15) is 5.26 Å². The minimum atomic E-state index is -0.249. The third kappa shape index (κ3) is 3.06. The Labute approximate surface area is 123 Å². The summed E-state index contributed by atoms with van der Waals surface area (Å²) in [5, 5.41) is 12.0. The molecular weight excluding hydrogens is 266 g/mol. The molecule has 0 unspecified atom stereocenters. The topological polar surface area (TPSA) is 67.0 Å². The average molecular weight is 283 g/mol. The molecule has 21 heavy (non-hydrogen) atoms. The zero-order valence-corrected chi connectivity index (χ0v) is 12.1. The molecule has 1 N–H and O–H groups in total. The van der Waals surface area contributed by atoms with Crippen LogP contribution < -0.4 is 10.1 Å². The van der Waals surface area contributed by atoms with E-state index in [4.69, 9.17) is 4.74 Å². The van der Waals surface area contributed by atoms with E-state index in [1.807, 2.05) is 31.2 Å². The monoisotopic (exact) mass is 283 g/mol. The van der Waals surface area contributed by atoms with Gasteiger partial charge in [0.1, 0.15) is 17.5 Å². The van der Waals surface area contributed by atoms with Crippen molar-refractivity contribution in [1.29, 1.82) is 5.26 Å². The molecule has 0 fully saturated rings. The van der Waals surface area contributed by atoms with Crippen molar-refractivity contribution in [1.82, 2.24) is 9.88 Å². The quantitative estimate of drug-likeness (QED) is 0.916.